The molecule has 0 unspecified atom stereocenters. The van der Waals surface area contributed by atoms with Gasteiger partial charge in [0.1, 0.15) is 0 Å². The standard InChI is InChI=1S/C6H12F3NS/c1-2-3-10-4-5-11-6(7,8)9/h10H,2-5H2,1H3. The van der Waals surface area contributed by atoms with E-state index in [1.807, 2.05) is 6.92 Å². The molecule has 0 saturated heterocycles. The third-order valence-corrected chi connectivity index (χ3v) is 1.71. The maximum absolute atomic E-state index is 11.5. The third-order valence-electron chi connectivity index (χ3n) is 0.971. The number of thioether (sulfide) groups is 1. The van der Waals surface area contributed by atoms with Gasteiger partial charge >= 0.3 is 5.51 Å². The summed E-state index contributed by atoms with van der Waals surface area (Å²) in [7, 11) is 0. The molecule has 5 heteroatoms. The lowest BCUT2D eigenvalue weighted by Gasteiger charge is -2.05. The Bertz CT molecular complexity index is 94.3. The molecule has 0 bridgehead atoms. The predicted octanol–water partition coefficient (Wildman–Crippen LogP) is 2.24. The molecule has 0 aromatic heterocycles. The highest BCUT2D eigenvalue weighted by Gasteiger charge is 2.27. The van der Waals surface area contributed by atoms with Crippen LogP contribution in [0.3, 0.4) is 0 Å². The van der Waals surface area contributed by atoms with E-state index in [9.17, 15) is 13.2 Å². The molecule has 0 aliphatic heterocycles. The summed E-state index contributed by atoms with van der Waals surface area (Å²) in [6.45, 7) is 3.19. The fourth-order valence-electron chi connectivity index (χ4n) is 0.541. The zero-order valence-corrected chi connectivity index (χ0v) is 7.19. The van der Waals surface area contributed by atoms with Gasteiger partial charge in [0.05, 0.1) is 0 Å². The van der Waals surface area contributed by atoms with Crippen LogP contribution in [0.15, 0.2) is 0 Å². The van der Waals surface area contributed by atoms with Crippen LogP contribution in [0.25, 0.3) is 0 Å². The lowest BCUT2D eigenvalue weighted by molar-refractivity contribution is -0.0327. The van der Waals surface area contributed by atoms with Crippen LogP contribution in [0.4, 0.5) is 13.2 Å². The Morgan fingerprint density at radius 1 is 1.27 bits per heavy atom. The predicted molar refractivity (Wildman–Crippen MR) is 41.7 cm³/mol. The Balaban J connectivity index is 3.02. The fourth-order valence-corrected chi connectivity index (χ4v) is 1.02. The highest BCUT2D eigenvalue weighted by atomic mass is 32.2. The normalized spacial score (nSPS) is 12.0. The Labute approximate surface area is 68.7 Å². The molecule has 0 aromatic rings. The van der Waals surface area contributed by atoms with Crippen LogP contribution >= 0.6 is 11.8 Å². The van der Waals surface area contributed by atoms with Gasteiger partial charge in [0.2, 0.25) is 0 Å². The monoisotopic (exact) mass is 187 g/mol. The summed E-state index contributed by atoms with van der Waals surface area (Å²) in [5, 5.41) is 2.89. The van der Waals surface area contributed by atoms with E-state index in [-0.39, 0.29) is 17.5 Å². The van der Waals surface area contributed by atoms with Gasteiger partial charge in [-0.3, -0.25) is 0 Å². The second-order valence-corrected chi connectivity index (χ2v) is 3.20. The van der Waals surface area contributed by atoms with Crippen molar-refractivity contribution in [3.8, 4) is 0 Å². The van der Waals surface area contributed by atoms with Crippen molar-refractivity contribution in [2.24, 2.45) is 0 Å². The fraction of sp³-hybridized carbons (Fsp3) is 1.00. The van der Waals surface area contributed by atoms with Crippen molar-refractivity contribution in [3.63, 3.8) is 0 Å². The van der Waals surface area contributed by atoms with Crippen LogP contribution in [0.2, 0.25) is 0 Å². The number of hydrogen-bond acceptors (Lipinski definition) is 2. The number of hydrogen-bond donors (Lipinski definition) is 1. The van der Waals surface area contributed by atoms with Gasteiger partial charge in [0.25, 0.3) is 0 Å². The Hall–Kier alpha value is 0.100. The van der Waals surface area contributed by atoms with Crippen molar-refractivity contribution in [2.45, 2.75) is 18.9 Å². The molecule has 0 aromatic carbocycles. The zero-order valence-electron chi connectivity index (χ0n) is 6.37. The first-order valence-electron chi connectivity index (χ1n) is 3.47. The van der Waals surface area contributed by atoms with E-state index >= 15 is 0 Å². The van der Waals surface area contributed by atoms with E-state index in [0.29, 0.717) is 6.54 Å². The maximum Gasteiger partial charge on any atom is 0.441 e. The van der Waals surface area contributed by atoms with Crippen molar-refractivity contribution < 1.29 is 13.2 Å². The van der Waals surface area contributed by atoms with Crippen LogP contribution in [-0.2, 0) is 0 Å². The molecule has 0 spiro atoms. The smallest absolute Gasteiger partial charge is 0.316 e. The molecule has 0 saturated carbocycles. The zero-order chi connectivity index (χ0) is 8.74. The van der Waals surface area contributed by atoms with Crippen molar-refractivity contribution in [1.29, 1.82) is 0 Å². The molecule has 0 radical (unpaired) electrons. The van der Waals surface area contributed by atoms with Crippen LogP contribution in [0.5, 0.6) is 0 Å². The SMILES string of the molecule is CCCNCCSC(F)(F)F. The van der Waals surface area contributed by atoms with Gasteiger partial charge in [-0.2, -0.15) is 13.2 Å². The molecule has 0 aliphatic carbocycles. The van der Waals surface area contributed by atoms with Crippen molar-refractivity contribution >= 4 is 11.8 Å². The molecule has 0 fully saturated rings. The molecule has 0 atom stereocenters. The molecule has 11 heavy (non-hydrogen) atoms. The van der Waals surface area contributed by atoms with E-state index in [1.165, 1.54) is 0 Å². The van der Waals surface area contributed by atoms with E-state index in [2.05, 4.69) is 5.32 Å². The van der Waals surface area contributed by atoms with Crippen LogP contribution in [0.1, 0.15) is 13.3 Å². The van der Waals surface area contributed by atoms with Crippen LogP contribution < -0.4 is 5.32 Å². The van der Waals surface area contributed by atoms with Crippen molar-refractivity contribution in [3.05, 3.63) is 0 Å². The number of nitrogens with one attached hydrogen (secondary N) is 1. The molecular formula is C6H12F3NS. The molecule has 0 aliphatic rings. The van der Waals surface area contributed by atoms with Gasteiger partial charge < -0.3 is 5.32 Å². The minimum Gasteiger partial charge on any atom is -0.316 e. The van der Waals surface area contributed by atoms with Gasteiger partial charge in [0.15, 0.2) is 0 Å². The van der Waals surface area contributed by atoms with Crippen LogP contribution in [0, 0.1) is 0 Å². The highest BCUT2D eigenvalue weighted by molar-refractivity contribution is 8.00. The first-order valence-corrected chi connectivity index (χ1v) is 4.46. The second kappa shape index (κ2) is 5.71. The first kappa shape index (κ1) is 11.1. The van der Waals surface area contributed by atoms with Crippen molar-refractivity contribution in [2.75, 3.05) is 18.8 Å². The van der Waals surface area contributed by atoms with Gasteiger partial charge in [-0.15, -0.1) is 0 Å². The lowest BCUT2D eigenvalue weighted by atomic mass is 10.5. The molecule has 1 nitrogen and oxygen atoms in total. The van der Waals surface area contributed by atoms with E-state index in [0.717, 1.165) is 13.0 Å². The van der Waals surface area contributed by atoms with Crippen molar-refractivity contribution in [1.82, 2.24) is 5.32 Å². The topological polar surface area (TPSA) is 12.0 Å². The molecule has 1 N–H and O–H groups in total. The molecule has 0 amide bonds. The van der Waals surface area contributed by atoms with E-state index < -0.39 is 5.51 Å². The van der Waals surface area contributed by atoms with E-state index in [1.54, 1.807) is 0 Å². The summed E-state index contributed by atoms with van der Waals surface area (Å²) in [5.74, 6) is 0.101. The average molecular weight is 187 g/mol. The number of halogens is 3. The van der Waals surface area contributed by atoms with Gasteiger partial charge in [0, 0.05) is 12.3 Å². The number of alkyl halides is 3. The summed E-state index contributed by atoms with van der Waals surface area (Å²) in [6, 6.07) is 0. The molecular weight excluding hydrogens is 175 g/mol. The summed E-state index contributed by atoms with van der Waals surface area (Å²) < 4.78 is 34.5. The second-order valence-electron chi connectivity index (χ2n) is 2.04. The lowest BCUT2D eigenvalue weighted by Crippen LogP contribution is -2.19. The minimum atomic E-state index is -4.08. The Kier molecular flexibility index (Phi) is 5.76. The molecule has 0 heterocycles. The largest absolute Gasteiger partial charge is 0.441 e. The van der Waals surface area contributed by atoms with Gasteiger partial charge in [-0.1, -0.05) is 6.92 Å². The van der Waals surface area contributed by atoms with Crippen LogP contribution in [-0.4, -0.2) is 24.4 Å². The third kappa shape index (κ3) is 10.1. The summed E-state index contributed by atoms with van der Waals surface area (Å²) in [4.78, 5) is 0. The molecule has 68 valence electrons. The Morgan fingerprint density at radius 3 is 2.36 bits per heavy atom. The first-order chi connectivity index (χ1) is 5.06. The van der Waals surface area contributed by atoms with Gasteiger partial charge in [-0.05, 0) is 24.7 Å². The summed E-state index contributed by atoms with van der Waals surface area (Å²) in [6.07, 6.45) is 0.955. The minimum absolute atomic E-state index is 0.0215. The quantitative estimate of drug-likeness (QED) is 0.662. The van der Waals surface area contributed by atoms with Gasteiger partial charge in [-0.25, -0.2) is 0 Å². The van der Waals surface area contributed by atoms with E-state index in [4.69, 9.17) is 0 Å². The maximum atomic E-state index is 11.5. The number of rotatable bonds is 5. The average Bonchev–Trinajstić information content (AvgIpc) is 1.85. The summed E-state index contributed by atoms with van der Waals surface area (Å²) >= 11 is 0.0215. The highest BCUT2D eigenvalue weighted by Crippen LogP contribution is 2.29. The Morgan fingerprint density at radius 2 is 1.91 bits per heavy atom. The summed E-state index contributed by atoms with van der Waals surface area (Å²) in [5.41, 5.74) is -4.08. The molecule has 0 rings (SSSR count).